The summed E-state index contributed by atoms with van der Waals surface area (Å²) in [5.41, 5.74) is 0.682. The minimum Gasteiger partial charge on any atom is -0.315 e. The predicted molar refractivity (Wildman–Crippen MR) is 90.6 cm³/mol. The highest BCUT2D eigenvalue weighted by molar-refractivity contribution is 7.89. The van der Waals surface area contributed by atoms with Crippen molar-refractivity contribution in [1.82, 2.24) is 19.9 Å². The van der Waals surface area contributed by atoms with Crippen LogP contribution in [-0.4, -0.2) is 50.6 Å². The third kappa shape index (κ3) is 3.69. The Morgan fingerprint density at radius 3 is 2.96 bits per heavy atom. The molecule has 0 aliphatic carbocycles. The zero-order valence-electron chi connectivity index (χ0n) is 13.2. The second-order valence-corrected chi connectivity index (χ2v) is 7.45. The fourth-order valence-electron chi connectivity index (χ4n) is 2.93. The molecule has 1 atom stereocenters. The molecule has 0 radical (unpaired) electrons. The smallest absolute Gasteiger partial charge is 0.242 e. The van der Waals surface area contributed by atoms with E-state index in [9.17, 15) is 8.42 Å². The molecule has 1 saturated heterocycles. The number of fused-ring (bicyclic) bond motifs is 1. The molecule has 6 nitrogen and oxygen atoms in total. The summed E-state index contributed by atoms with van der Waals surface area (Å²) in [7, 11) is -3.60. The van der Waals surface area contributed by atoms with Crippen LogP contribution in [0.15, 0.2) is 41.4 Å². The SMILES string of the molecule is CC(NS(=O)(=O)c1cccc2ncccc12)N1CCCNCC1. The number of nitrogens with zero attached hydrogens (tertiary/aromatic N) is 2. The fraction of sp³-hybridized carbons (Fsp3) is 0.438. The molecule has 1 unspecified atom stereocenters. The molecule has 3 rings (SSSR count). The lowest BCUT2D eigenvalue weighted by molar-refractivity contribution is 0.212. The normalized spacial score (nSPS) is 18.7. The van der Waals surface area contributed by atoms with Crippen molar-refractivity contribution in [1.29, 1.82) is 0 Å². The van der Waals surface area contributed by atoms with Crippen LogP contribution in [0.3, 0.4) is 0 Å². The third-order valence-electron chi connectivity index (χ3n) is 4.14. The van der Waals surface area contributed by atoms with Gasteiger partial charge < -0.3 is 5.32 Å². The van der Waals surface area contributed by atoms with Crippen molar-refractivity contribution in [2.45, 2.75) is 24.4 Å². The largest absolute Gasteiger partial charge is 0.315 e. The van der Waals surface area contributed by atoms with Gasteiger partial charge in [-0.1, -0.05) is 6.07 Å². The van der Waals surface area contributed by atoms with Crippen LogP contribution in [0.25, 0.3) is 10.9 Å². The van der Waals surface area contributed by atoms with Crippen LogP contribution in [0.5, 0.6) is 0 Å². The van der Waals surface area contributed by atoms with E-state index >= 15 is 0 Å². The van der Waals surface area contributed by atoms with Gasteiger partial charge in [-0.25, -0.2) is 8.42 Å². The van der Waals surface area contributed by atoms with Crippen molar-refractivity contribution in [2.24, 2.45) is 0 Å². The Bertz CT molecular complexity index is 765. The Morgan fingerprint density at radius 2 is 2.09 bits per heavy atom. The Hall–Kier alpha value is -1.54. The van der Waals surface area contributed by atoms with Gasteiger partial charge in [0.2, 0.25) is 10.0 Å². The molecule has 0 saturated carbocycles. The van der Waals surface area contributed by atoms with E-state index in [0.29, 0.717) is 10.9 Å². The Kier molecular flexibility index (Phi) is 4.91. The van der Waals surface area contributed by atoms with Gasteiger partial charge in [0.05, 0.1) is 16.6 Å². The Morgan fingerprint density at radius 1 is 1.22 bits per heavy atom. The van der Waals surface area contributed by atoms with Crippen LogP contribution in [0.4, 0.5) is 0 Å². The zero-order valence-corrected chi connectivity index (χ0v) is 14.0. The first-order chi connectivity index (χ1) is 11.1. The standard InChI is InChI=1S/C16H22N4O2S/c1-13(20-11-4-8-17-10-12-20)19-23(21,22)16-7-2-6-15-14(16)5-3-9-18-15/h2-3,5-7,9,13,17,19H,4,8,10-12H2,1H3. The molecule has 2 N–H and O–H groups in total. The highest BCUT2D eigenvalue weighted by Gasteiger charge is 2.23. The number of benzene rings is 1. The van der Waals surface area contributed by atoms with Crippen LogP contribution >= 0.6 is 0 Å². The maximum atomic E-state index is 12.8. The molecule has 2 aromatic rings. The van der Waals surface area contributed by atoms with Gasteiger partial charge in [0.25, 0.3) is 0 Å². The van der Waals surface area contributed by atoms with E-state index < -0.39 is 10.0 Å². The van der Waals surface area contributed by atoms with Gasteiger partial charge in [0, 0.05) is 31.2 Å². The quantitative estimate of drug-likeness (QED) is 0.877. The minimum atomic E-state index is -3.60. The van der Waals surface area contributed by atoms with Crippen molar-refractivity contribution in [3.8, 4) is 0 Å². The number of sulfonamides is 1. The zero-order chi connectivity index (χ0) is 16.3. The lowest BCUT2D eigenvalue weighted by Gasteiger charge is -2.27. The molecular weight excluding hydrogens is 312 g/mol. The Balaban J connectivity index is 1.85. The van der Waals surface area contributed by atoms with Gasteiger partial charge in [-0.2, -0.15) is 4.72 Å². The summed E-state index contributed by atoms with van der Waals surface area (Å²) in [6.07, 6.45) is 2.44. The monoisotopic (exact) mass is 334 g/mol. The summed E-state index contributed by atoms with van der Waals surface area (Å²) in [5, 5.41) is 3.97. The molecule has 124 valence electrons. The molecule has 2 heterocycles. The van der Waals surface area contributed by atoms with Gasteiger partial charge in [0.15, 0.2) is 0 Å². The Labute approximate surface area is 137 Å². The van der Waals surface area contributed by atoms with E-state index in [-0.39, 0.29) is 11.1 Å². The molecular formula is C16H22N4O2S. The maximum Gasteiger partial charge on any atom is 0.242 e. The summed E-state index contributed by atoms with van der Waals surface area (Å²) in [6.45, 7) is 5.47. The molecule has 0 spiro atoms. The van der Waals surface area contributed by atoms with Gasteiger partial charge in [-0.3, -0.25) is 9.88 Å². The second-order valence-electron chi connectivity index (χ2n) is 5.76. The predicted octanol–water partition coefficient (Wildman–Crippen LogP) is 1.15. The van der Waals surface area contributed by atoms with E-state index in [2.05, 4.69) is 19.9 Å². The number of rotatable bonds is 4. The summed E-state index contributed by atoms with van der Waals surface area (Å²) in [4.78, 5) is 6.66. The van der Waals surface area contributed by atoms with Crippen molar-refractivity contribution in [2.75, 3.05) is 26.2 Å². The molecule has 7 heteroatoms. The van der Waals surface area contributed by atoms with Crippen molar-refractivity contribution >= 4 is 20.9 Å². The lowest BCUT2D eigenvalue weighted by atomic mass is 10.2. The van der Waals surface area contributed by atoms with E-state index in [1.165, 1.54) is 0 Å². The minimum absolute atomic E-state index is 0.244. The average Bonchev–Trinajstić information content (AvgIpc) is 2.83. The fourth-order valence-corrected chi connectivity index (χ4v) is 4.37. The van der Waals surface area contributed by atoms with E-state index in [1.54, 1.807) is 30.5 Å². The van der Waals surface area contributed by atoms with Crippen LogP contribution in [0, 0.1) is 0 Å². The molecule has 23 heavy (non-hydrogen) atoms. The third-order valence-corrected chi connectivity index (χ3v) is 5.73. The first kappa shape index (κ1) is 16.3. The molecule has 1 fully saturated rings. The average molecular weight is 334 g/mol. The number of hydrogen-bond donors (Lipinski definition) is 2. The number of nitrogens with one attached hydrogen (secondary N) is 2. The highest BCUT2D eigenvalue weighted by atomic mass is 32.2. The van der Waals surface area contributed by atoms with Gasteiger partial charge in [-0.15, -0.1) is 0 Å². The van der Waals surface area contributed by atoms with Gasteiger partial charge in [0.1, 0.15) is 0 Å². The first-order valence-corrected chi connectivity index (χ1v) is 9.37. The van der Waals surface area contributed by atoms with Crippen LogP contribution in [0.2, 0.25) is 0 Å². The van der Waals surface area contributed by atoms with E-state index in [4.69, 9.17) is 0 Å². The van der Waals surface area contributed by atoms with E-state index in [0.717, 1.165) is 32.6 Å². The van der Waals surface area contributed by atoms with Gasteiger partial charge >= 0.3 is 0 Å². The number of pyridine rings is 1. The molecule has 1 aromatic heterocycles. The number of hydrogen-bond acceptors (Lipinski definition) is 5. The molecule has 1 aromatic carbocycles. The molecule has 1 aliphatic rings. The molecule has 0 amide bonds. The molecule has 0 bridgehead atoms. The lowest BCUT2D eigenvalue weighted by Crippen LogP contribution is -2.47. The van der Waals surface area contributed by atoms with Crippen molar-refractivity contribution < 1.29 is 8.42 Å². The summed E-state index contributed by atoms with van der Waals surface area (Å²) < 4.78 is 28.4. The highest BCUT2D eigenvalue weighted by Crippen LogP contribution is 2.21. The van der Waals surface area contributed by atoms with Crippen molar-refractivity contribution in [3.63, 3.8) is 0 Å². The summed E-state index contributed by atoms with van der Waals surface area (Å²) >= 11 is 0. The summed E-state index contributed by atoms with van der Waals surface area (Å²) in [5.74, 6) is 0. The second kappa shape index (κ2) is 6.92. The molecule has 1 aliphatic heterocycles. The van der Waals surface area contributed by atoms with E-state index in [1.807, 2.05) is 13.0 Å². The topological polar surface area (TPSA) is 74.3 Å². The first-order valence-electron chi connectivity index (χ1n) is 7.89. The maximum absolute atomic E-state index is 12.8. The van der Waals surface area contributed by atoms with Crippen LogP contribution < -0.4 is 10.0 Å². The van der Waals surface area contributed by atoms with Crippen LogP contribution in [-0.2, 0) is 10.0 Å². The van der Waals surface area contributed by atoms with Crippen molar-refractivity contribution in [3.05, 3.63) is 36.5 Å². The summed E-state index contributed by atoms with van der Waals surface area (Å²) in [6, 6.07) is 8.72. The van der Waals surface area contributed by atoms with Crippen LogP contribution in [0.1, 0.15) is 13.3 Å². The van der Waals surface area contributed by atoms with Gasteiger partial charge in [-0.05, 0) is 44.2 Å². The number of aromatic nitrogens is 1.